The number of hydrogen-bond acceptors (Lipinski definition) is 4. The van der Waals surface area contributed by atoms with Gasteiger partial charge in [0.25, 0.3) is 15.9 Å². The third-order valence-electron chi connectivity index (χ3n) is 4.55. The highest BCUT2D eigenvalue weighted by Gasteiger charge is 2.29. The van der Waals surface area contributed by atoms with E-state index in [1.807, 2.05) is 6.07 Å². The van der Waals surface area contributed by atoms with Crippen molar-refractivity contribution in [3.8, 4) is 0 Å². The molecule has 144 valence electrons. The number of halogens is 1. The minimum Gasteiger partial charge on any atom is -0.321 e. The van der Waals surface area contributed by atoms with Gasteiger partial charge in [0.15, 0.2) is 0 Å². The van der Waals surface area contributed by atoms with Crippen LogP contribution in [0.2, 0.25) is 4.34 Å². The van der Waals surface area contributed by atoms with Crippen LogP contribution >= 0.6 is 22.9 Å². The summed E-state index contributed by atoms with van der Waals surface area (Å²) in [6.07, 6.45) is 1.55. The molecule has 0 saturated heterocycles. The summed E-state index contributed by atoms with van der Waals surface area (Å²) in [7, 11) is -3.66. The number of sulfonamides is 1. The van der Waals surface area contributed by atoms with E-state index in [9.17, 15) is 13.2 Å². The second-order valence-corrected chi connectivity index (χ2v) is 9.97. The maximum Gasteiger partial charge on any atom is 0.265 e. The lowest BCUT2D eigenvalue weighted by molar-refractivity contribution is 0.103. The Morgan fingerprint density at radius 3 is 2.57 bits per heavy atom. The molecule has 1 aliphatic rings. The van der Waals surface area contributed by atoms with Crippen molar-refractivity contribution in [2.45, 2.75) is 17.7 Å². The summed E-state index contributed by atoms with van der Waals surface area (Å²) >= 11 is 7.09. The first-order chi connectivity index (χ1) is 13.4. The molecule has 5 nitrogen and oxygen atoms in total. The summed E-state index contributed by atoms with van der Waals surface area (Å²) in [4.78, 5) is 13.2. The minimum atomic E-state index is -3.66. The molecule has 2 aromatic carbocycles. The second-order valence-electron chi connectivity index (χ2n) is 6.40. The fourth-order valence-corrected chi connectivity index (χ4v) is 5.71. The summed E-state index contributed by atoms with van der Waals surface area (Å²) in [6, 6.07) is 17.1. The Bertz CT molecular complexity index is 1130. The van der Waals surface area contributed by atoms with Crippen molar-refractivity contribution in [3.05, 3.63) is 75.4 Å². The van der Waals surface area contributed by atoms with Crippen LogP contribution in [0.1, 0.15) is 21.7 Å². The molecule has 0 saturated carbocycles. The first-order valence-electron chi connectivity index (χ1n) is 8.72. The van der Waals surface area contributed by atoms with E-state index in [2.05, 4.69) is 5.32 Å². The number of thiophene rings is 1. The van der Waals surface area contributed by atoms with E-state index in [0.29, 0.717) is 27.1 Å². The van der Waals surface area contributed by atoms with Gasteiger partial charge in [0.1, 0.15) is 0 Å². The number of nitrogens with zero attached hydrogens (tertiary/aromatic N) is 1. The number of rotatable bonds is 4. The van der Waals surface area contributed by atoms with Gasteiger partial charge in [-0.15, -0.1) is 11.3 Å². The summed E-state index contributed by atoms with van der Waals surface area (Å²) in [5, 5.41) is 2.82. The zero-order chi connectivity index (χ0) is 19.7. The summed E-state index contributed by atoms with van der Waals surface area (Å²) in [5.74, 6) is -0.273. The molecule has 0 atom stereocenters. The molecule has 1 aromatic heterocycles. The Labute approximate surface area is 172 Å². The van der Waals surface area contributed by atoms with Crippen molar-refractivity contribution in [2.75, 3.05) is 16.2 Å². The monoisotopic (exact) mass is 432 g/mol. The van der Waals surface area contributed by atoms with Crippen LogP contribution < -0.4 is 9.62 Å². The van der Waals surface area contributed by atoms with Crippen molar-refractivity contribution < 1.29 is 13.2 Å². The Balaban J connectivity index is 1.67. The molecule has 3 aromatic rings. The molecule has 0 aliphatic carbocycles. The molecule has 28 heavy (non-hydrogen) atoms. The zero-order valence-electron chi connectivity index (χ0n) is 14.8. The van der Waals surface area contributed by atoms with Gasteiger partial charge in [0, 0.05) is 12.2 Å². The van der Waals surface area contributed by atoms with Gasteiger partial charge in [0.05, 0.1) is 19.8 Å². The van der Waals surface area contributed by atoms with Gasteiger partial charge in [-0.2, -0.15) is 0 Å². The van der Waals surface area contributed by atoms with Crippen LogP contribution in [0, 0.1) is 0 Å². The number of carbonyl (C=O) groups excluding carboxylic acids is 1. The molecule has 1 aliphatic heterocycles. The van der Waals surface area contributed by atoms with Crippen LogP contribution in [0.5, 0.6) is 0 Å². The third kappa shape index (κ3) is 3.65. The third-order valence-corrected chi connectivity index (χ3v) is 7.60. The quantitative estimate of drug-likeness (QED) is 0.644. The molecule has 0 spiro atoms. The van der Waals surface area contributed by atoms with Gasteiger partial charge in [-0.25, -0.2) is 8.42 Å². The van der Waals surface area contributed by atoms with E-state index >= 15 is 0 Å². The first-order valence-corrected chi connectivity index (χ1v) is 11.4. The number of carbonyl (C=O) groups is 1. The zero-order valence-corrected chi connectivity index (χ0v) is 17.2. The van der Waals surface area contributed by atoms with E-state index in [4.69, 9.17) is 11.6 Å². The normalized spacial score (nSPS) is 13.8. The number of nitrogens with one attached hydrogen (secondary N) is 1. The van der Waals surface area contributed by atoms with Crippen molar-refractivity contribution in [3.63, 3.8) is 0 Å². The van der Waals surface area contributed by atoms with Gasteiger partial charge in [0.2, 0.25) is 0 Å². The van der Waals surface area contributed by atoms with Crippen molar-refractivity contribution in [1.29, 1.82) is 0 Å². The van der Waals surface area contributed by atoms with Gasteiger partial charge < -0.3 is 5.32 Å². The minimum absolute atomic E-state index is 0.255. The van der Waals surface area contributed by atoms with Crippen LogP contribution in [0.15, 0.2) is 65.6 Å². The van der Waals surface area contributed by atoms with Gasteiger partial charge in [-0.05, 0) is 54.8 Å². The molecule has 0 radical (unpaired) electrons. The Morgan fingerprint density at radius 1 is 1.07 bits per heavy atom. The second kappa shape index (κ2) is 7.58. The number of anilines is 2. The highest BCUT2D eigenvalue weighted by atomic mass is 35.5. The van der Waals surface area contributed by atoms with E-state index in [0.717, 1.165) is 18.4 Å². The Kier molecular flexibility index (Phi) is 5.14. The first kappa shape index (κ1) is 19.0. The van der Waals surface area contributed by atoms with E-state index < -0.39 is 10.0 Å². The Morgan fingerprint density at radius 2 is 1.86 bits per heavy atom. The fraction of sp³-hybridized carbons (Fsp3) is 0.150. The lowest BCUT2D eigenvalue weighted by Gasteiger charge is -2.31. The number of amides is 1. The lowest BCUT2D eigenvalue weighted by atomic mass is 10.0. The predicted octanol–water partition coefficient (Wildman–Crippen LogP) is 4.80. The highest BCUT2D eigenvalue weighted by molar-refractivity contribution is 7.92. The smallest absolute Gasteiger partial charge is 0.265 e. The van der Waals surface area contributed by atoms with Crippen LogP contribution in [0.25, 0.3) is 0 Å². The number of aryl methyl sites for hydroxylation is 1. The van der Waals surface area contributed by atoms with Crippen molar-refractivity contribution >= 4 is 50.2 Å². The van der Waals surface area contributed by atoms with Gasteiger partial charge >= 0.3 is 0 Å². The SMILES string of the molecule is O=C(Nc1ccc2c(c1)N(S(=O)(=O)c1ccccc1)CCC2)c1ccc(Cl)s1. The molecule has 4 rings (SSSR count). The van der Waals surface area contributed by atoms with Crippen molar-refractivity contribution in [2.24, 2.45) is 0 Å². The summed E-state index contributed by atoms with van der Waals surface area (Å²) in [5.41, 5.74) is 2.10. The average Bonchev–Trinajstić information content (AvgIpc) is 3.14. The maximum atomic E-state index is 13.1. The molecular formula is C20H17ClN2O3S2. The topological polar surface area (TPSA) is 66.5 Å². The molecule has 0 unspecified atom stereocenters. The molecular weight excluding hydrogens is 416 g/mol. The van der Waals surface area contributed by atoms with Crippen molar-refractivity contribution in [1.82, 2.24) is 0 Å². The van der Waals surface area contributed by atoms with Crippen LogP contribution in [-0.4, -0.2) is 20.9 Å². The van der Waals surface area contributed by atoms with Gasteiger partial charge in [-0.3, -0.25) is 9.10 Å². The number of benzene rings is 2. The van der Waals surface area contributed by atoms with Crippen LogP contribution in [-0.2, 0) is 16.4 Å². The highest BCUT2D eigenvalue weighted by Crippen LogP contribution is 2.34. The molecule has 8 heteroatoms. The maximum absolute atomic E-state index is 13.1. The standard InChI is InChI=1S/C20H17ClN2O3S2/c21-19-11-10-18(27-19)20(24)22-15-9-8-14-5-4-12-23(17(14)13-15)28(25,26)16-6-2-1-3-7-16/h1-3,6-11,13H,4-5,12H2,(H,22,24). The average molecular weight is 433 g/mol. The molecule has 1 N–H and O–H groups in total. The van der Waals surface area contributed by atoms with E-state index in [1.165, 1.54) is 15.6 Å². The molecule has 0 bridgehead atoms. The summed E-state index contributed by atoms with van der Waals surface area (Å²) < 4.78 is 28.2. The fourth-order valence-electron chi connectivity index (χ4n) is 3.22. The molecule has 2 heterocycles. The number of hydrogen-bond donors (Lipinski definition) is 1. The van der Waals surface area contributed by atoms with E-state index in [-0.39, 0.29) is 10.8 Å². The molecule has 0 fully saturated rings. The Hall–Kier alpha value is -2.35. The molecule has 1 amide bonds. The predicted molar refractivity (Wildman–Crippen MR) is 113 cm³/mol. The number of fused-ring (bicyclic) bond motifs is 1. The largest absolute Gasteiger partial charge is 0.321 e. The van der Waals surface area contributed by atoms with Crippen LogP contribution in [0.3, 0.4) is 0 Å². The summed E-state index contributed by atoms with van der Waals surface area (Å²) in [6.45, 7) is 0.405. The van der Waals surface area contributed by atoms with Crippen LogP contribution in [0.4, 0.5) is 11.4 Å². The van der Waals surface area contributed by atoms with Gasteiger partial charge in [-0.1, -0.05) is 35.9 Å². The lowest BCUT2D eigenvalue weighted by Crippen LogP contribution is -2.35. The van der Waals surface area contributed by atoms with E-state index in [1.54, 1.807) is 54.6 Å².